The molecule has 3 atom stereocenters. The van der Waals surface area contributed by atoms with Crippen LogP contribution >= 0.6 is 0 Å². The summed E-state index contributed by atoms with van der Waals surface area (Å²) < 4.78 is 1.88. The van der Waals surface area contributed by atoms with Crippen LogP contribution in [0.15, 0.2) is 66.9 Å². The van der Waals surface area contributed by atoms with Gasteiger partial charge in [-0.3, -0.25) is 4.79 Å². The lowest BCUT2D eigenvalue weighted by Crippen LogP contribution is -2.50. The highest BCUT2D eigenvalue weighted by molar-refractivity contribution is 5.99. The van der Waals surface area contributed by atoms with Crippen LogP contribution in [-0.4, -0.2) is 32.9 Å². The molecule has 3 unspecified atom stereocenters. The molecule has 0 aliphatic carbocycles. The van der Waals surface area contributed by atoms with Crippen molar-refractivity contribution >= 4 is 11.7 Å². The molecule has 32 heavy (non-hydrogen) atoms. The second kappa shape index (κ2) is 10.5. The predicted molar refractivity (Wildman–Crippen MR) is 129 cm³/mol. The van der Waals surface area contributed by atoms with Crippen LogP contribution < -0.4 is 10.6 Å². The Balaban J connectivity index is 0.00000141. The molecule has 0 bridgehead atoms. The fraction of sp³-hybridized carbons (Fsp3) is 0.385. The molecule has 170 valence electrons. The first-order valence-electron chi connectivity index (χ1n) is 11.4. The van der Waals surface area contributed by atoms with E-state index >= 15 is 0 Å². The number of carbonyl (C=O) groups excluding carboxylic acids is 1. The summed E-state index contributed by atoms with van der Waals surface area (Å²) in [7, 11) is 0. The number of aromatic nitrogens is 2. The largest absolute Gasteiger partial charge is 0.394 e. The third-order valence-corrected chi connectivity index (χ3v) is 5.75. The fourth-order valence-corrected chi connectivity index (χ4v) is 4.10. The van der Waals surface area contributed by atoms with Crippen molar-refractivity contribution < 1.29 is 9.90 Å². The summed E-state index contributed by atoms with van der Waals surface area (Å²) in [4.78, 5) is 13.2. The first-order chi connectivity index (χ1) is 15.5. The number of aliphatic hydroxyl groups is 1. The van der Waals surface area contributed by atoms with Crippen LogP contribution in [0.4, 0.5) is 5.82 Å². The third kappa shape index (κ3) is 5.19. The highest BCUT2D eigenvalue weighted by atomic mass is 16.3. The quantitative estimate of drug-likeness (QED) is 0.523. The minimum absolute atomic E-state index is 0.116. The van der Waals surface area contributed by atoms with E-state index < -0.39 is 5.54 Å². The zero-order chi connectivity index (χ0) is 23.1. The van der Waals surface area contributed by atoms with E-state index in [0.29, 0.717) is 12.0 Å². The van der Waals surface area contributed by atoms with Crippen molar-refractivity contribution in [2.24, 2.45) is 0 Å². The second-order valence-electron chi connectivity index (χ2n) is 8.38. The zero-order valence-electron chi connectivity index (χ0n) is 19.4. The molecule has 1 amide bonds. The first kappa shape index (κ1) is 23.5. The van der Waals surface area contributed by atoms with E-state index in [1.54, 1.807) is 6.20 Å². The molecule has 2 heterocycles. The lowest BCUT2D eigenvalue weighted by molar-refractivity contribution is 0.0852. The van der Waals surface area contributed by atoms with Crippen LogP contribution in [-0.2, 0) is 6.42 Å². The summed E-state index contributed by atoms with van der Waals surface area (Å²) in [6.07, 6.45) is 3.04. The third-order valence-electron chi connectivity index (χ3n) is 5.75. The van der Waals surface area contributed by atoms with Crippen molar-refractivity contribution in [2.45, 2.75) is 58.2 Å². The summed E-state index contributed by atoms with van der Waals surface area (Å²) in [5, 5.41) is 21.0. The number of anilines is 1. The Labute approximate surface area is 190 Å². The Morgan fingerprint density at radius 3 is 2.41 bits per heavy atom. The molecule has 0 saturated carbocycles. The van der Waals surface area contributed by atoms with Crippen molar-refractivity contribution in [3.63, 3.8) is 0 Å². The molecule has 1 aliphatic heterocycles. The number of carbonyl (C=O) groups is 1. The van der Waals surface area contributed by atoms with Gasteiger partial charge in [-0.15, -0.1) is 0 Å². The van der Waals surface area contributed by atoms with Crippen LogP contribution in [0.1, 0.15) is 67.7 Å². The molecule has 0 radical (unpaired) electrons. The first-order valence-corrected chi connectivity index (χ1v) is 11.4. The van der Waals surface area contributed by atoms with Gasteiger partial charge < -0.3 is 15.7 Å². The number of nitrogens with one attached hydrogen (secondary N) is 2. The van der Waals surface area contributed by atoms with Crippen LogP contribution in [0.2, 0.25) is 0 Å². The highest BCUT2D eigenvalue weighted by Crippen LogP contribution is 2.36. The summed E-state index contributed by atoms with van der Waals surface area (Å²) in [5.74, 6) is 0.484. The van der Waals surface area contributed by atoms with E-state index in [2.05, 4.69) is 34.8 Å². The van der Waals surface area contributed by atoms with Crippen LogP contribution in [0.5, 0.6) is 0 Å². The maximum Gasteiger partial charge on any atom is 0.257 e. The van der Waals surface area contributed by atoms with Gasteiger partial charge in [0.1, 0.15) is 11.4 Å². The molecule has 3 N–H and O–H groups in total. The number of hydrogen-bond donors (Lipinski definition) is 3. The maximum atomic E-state index is 13.2. The van der Waals surface area contributed by atoms with Gasteiger partial charge >= 0.3 is 0 Å². The number of rotatable bonds is 6. The number of aliphatic hydroxyl groups excluding tert-OH is 1. The Bertz CT molecular complexity index is 1000. The minimum Gasteiger partial charge on any atom is -0.394 e. The van der Waals surface area contributed by atoms with Crippen molar-refractivity contribution in [3.8, 4) is 0 Å². The Hall–Kier alpha value is -3.12. The van der Waals surface area contributed by atoms with E-state index in [1.165, 1.54) is 5.56 Å². The lowest BCUT2D eigenvalue weighted by Gasteiger charge is -2.32. The van der Waals surface area contributed by atoms with Crippen molar-refractivity contribution in [2.75, 3.05) is 11.9 Å². The van der Waals surface area contributed by atoms with Crippen LogP contribution in [0.3, 0.4) is 0 Å². The van der Waals surface area contributed by atoms with E-state index in [0.717, 1.165) is 17.8 Å². The summed E-state index contributed by atoms with van der Waals surface area (Å²) in [6, 6.07) is 20.4. The highest BCUT2D eigenvalue weighted by Gasteiger charge is 2.32. The van der Waals surface area contributed by atoms with Gasteiger partial charge in [-0.2, -0.15) is 5.10 Å². The van der Waals surface area contributed by atoms with Gasteiger partial charge in [0.15, 0.2) is 0 Å². The fourth-order valence-electron chi connectivity index (χ4n) is 4.10. The normalized spacial score (nSPS) is 18.9. The number of fused-ring (bicyclic) bond motifs is 1. The Kier molecular flexibility index (Phi) is 7.70. The van der Waals surface area contributed by atoms with Gasteiger partial charge in [0.05, 0.1) is 30.4 Å². The Morgan fingerprint density at radius 2 is 1.78 bits per heavy atom. The maximum absolute atomic E-state index is 13.2. The van der Waals surface area contributed by atoms with Crippen molar-refractivity contribution in [1.29, 1.82) is 0 Å². The number of amides is 1. The standard InChI is InChI=1S/C24H28N4O2.C2H6/c1-17-13-21(19-11-7-4-8-12-19)26-22-20(15-25-28(17)22)23(30)27-24(2,16-29)14-18-9-5-3-6-10-18;1-2/h3-12,15,17,21,26,29H,13-14,16H2,1-2H3,(H,27,30);1-2H3. The average Bonchev–Trinajstić information content (AvgIpc) is 3.26. The molecular weight excluding hydrogens is 400 g/mol. The molecule has 2 aromatic carbocycles. The van der Waals surface area contributed by atoms with Crippen molar-refractivity contribution in [1.82, 2.24) is 15.1 Å². The molecule has 3 aromatic rings. The lowest BCUT2D eigenvalue weighted by atomic mass is 9.93. The van der Waals surface area contributed by atoms with Gasteiger partial charge in [-0.05, 0) is 37.8 Å². The summed E-state index contributed by atoms with van der Waals surface area (Å²) in [5.41, 5.74) is 1.97. The van der Waals surface area contributed by atoms with Crippen molar-refractivity contribution in [3.05, 3.63) is 83.6 Å². The molecule has 6 heteroatoms. The summed E-state index contributed by atoms with van der Waals surface area (Å²) >= 11 is 0. The molecule has 1 aliphatic rings. The number of benzene rings is 2. The molecular formula is C26H34N4O2. The molecule has 0 fully saturated rings. The molecule has 0 saturated heterocycles. The number of hydrogen-bond acceptors (Lipinski definition) is 4. The van der Waals surface area contributed by atoms with E-state index in [9.17, 15) is 9.90 Å². The van der Waals surface area contributed by atoms with Gasteiger partial charge in [0.2, 0.25) is 0 Å². The Morgan fingerprint density at radius 1 is 1.16 bits per heavy atom. The SMILES string of the molecule is CC.CC1CC(c2ccccc2)Nc2c(C(=O)NC(C)(CO)Cc3ccccc3)cnn21. The van der Waals surface area contributed by atoms with Gasteiger partial charge in [-0.25, -0.2) is 4.68 Å². The second-order valence-corrected chi connectivity index (χ2v) is 8.38. The van der Waals surface area contributed by atoms with Gasteiger partial charge in [0.25, 0.3) is 5.91 Å². The van der Waals surface area contributed by atoms with E-state index in [1.807, 2.05) is 74.0 Å². The van der Waals surface area contributed by atoms with E-state index in [-0.39, 0.29) is 24.6 Å². The molecule has 4 rings (SSSR count). The number of nitrogens with zero attached hydrogens (tertiary/aromatic N) is 2. The molecule has 1 aromatic heterocycles. The monoisotopic (exact) mass is 434 g/mol. The summed E-state index contributed by atoms with van der Waals surface area (Å²) in [6.45, 7) is 7.81. The van der Waals surface area contributed by atoms with Gasteiger partial charge in [-0.1, -0.05) is 74.5 Å². The predicted octanol–water partition coefficient (Wildman–Crippen LogP) is 4.75. The average molecular weight is 435 g/mol. The molecule has 6 nitrogen and oxygen atoms in total. The van der Waals surface area contributed by atoms with Crippen LogP contribution in [0.25, 0.3) is 0 Å². The topological polar surface area (TPSA) is 79.2 Å². The zero-order valence-corrected chi connectivity index (χ0v) is 19.4. The molecule has 0 spiro atoms. The van der Waals surface area contributed by atoms with Gasteiger partial charge in [0, 0.05) is 0 Å². The van der Waals surface area contributed by atoms with E-state index in [4.69, 9.17) is 0 Å². The smallest absolute Gasteiger partial charge is 0.257 e. The van der Waals surface area contributed by atoms with Crippen LogP contribution in [0, 0.1) is 0 Å². The minimum atomic E-state index is -0.771.